The molecule has 0 unspecified atom stereocenters. The molecule has 5 heteroatoms. The number of nitrogens with one attached hydrogen (secondary N) is 1. The van der Waals surface area contributed by atoms with Crippen LogP contribution in [-0.2, 0) is 11.3 Å². The van der Waals surface area contributed by atoms with Crippen LogP contribution in [0.4, 0.5) is 5.69 Å². The van der Waals surface area contributed by atoms with Crippen molar-refractivity contribution >= 4 is 39.1 Å². The summed E-state index contributed by atoms with van der Waals surface area (Å²) in [5.41, 5.74) is 2.07. The SMILES string of the molecule is O=C(Nc1cccc(Cl)c1)C1CCN(Cc2cccc(Br)c2)CC1. The van der Waals surface area contributed by atoms with Gasteiger partial charge in [-0.25, -0.2) is 0 Å². The Morgan fingerprint density at radius 3 is 2.62 bits per heavy atom. The molecule has 1 fully saturated rings. The second-order valence-corrected chi connectivity index (χ2v) is 7.53. The molecule has 2 aromatic carbocycles. The first-order valence-corrected chi connectivity index (χ1v) is 9.30. The summed E-state index contributed by atoms with van der Waals surface area (Å²) in [5, 5.41) is 3.61. The number of carbonyl (C=O) groups excluding carboxylic acids is 1. The van der Waals surface area contributed by atoms with Crippen LogP contribution in [0.2, 0.25) is 5.02 Å². The van der Waals surface area contributed by atoms with E-state index >= 15 is 0 Å². The number of amides is 1. The second-order valence-electron chi connectivity index (χ2n) is 6.18. The smallest absolute Gasteiger partial charge is 0.227 e. The van der Waals surface area contributed by atoms with Crippen LogP contribution in [0, 0.1) is 5.92 Å². The van der Waals surface area contributed by atoms with E-state index in [0.29, 0.717) is 5.02 Å². The average molecular weight is 408 g/mol. The van der Waals surface area contributed by atoms with E-state index in [1.165, 1.54) is 5.56 Å². The number of halogens is 2. The molecule has 0 atom stereocenters. The first-order valence-electron chi connectivity index (χ1n) is 8.13. The maximum Gasteiger partial charge on any atom is 0.227 e. The van der Waals surface area contributed by atoms with Gasteiger partial charge in [0.25, 0.3) is 0 Å². The average Bonchev–Trinajstić information content (AvgIpc) is 2.55. The second kappa shape index (κ2) is 8.15. The zero-order valence-electron chi connectivity index (χ0n) is 13.3. The Morgan fingerprint density at radius 2 is 1.92 bits per heavy atom. The first-order chi connectivity index (χ1) is 11.6. The molecule has 3 rings (SSSR count). The monoisotopic (exact) mass is 406 g/mol. The third kappa shape index (κ3) is 4.82. The Labute approximate surface area is 156 Å². The molecule has 126 valence electrons. The Morgan fingerprint density at radius 1 is 1.17 bits per heavy atom. The van der Waals surface area contributed by atoms with E-state index < -0.39 is 0 Å². The standard InChI is InChI=1S/C19H20BrClN2O/c20-16-4-1-3-14(11-16)13-23-9-7-15(8-10-23)19(24)22-18-6-2-5-17(21)12-18/h1-6,11-12,15H,7-10,13H2,(H,22,24). The quantitative estimate of drug-likeness (QED) is 0.777. The van der Waals surface area contributed by atoms with Crippen molar-refractivity contribution in [1.29, 1.82) is 0 Å². The molecule has 0 spiro atoms. The molecule has 1 heterocycles. The van der Waals surface area contributed by atoms with Gasteiger partial charge >= 0.3 is 0 Å². The minimum atomic E-state index is 0.0720. The van der Waals surface area contributed by atoms with Crippen molar-refractivity contribution in [1.82, 2.24) is 4.90 Å². The fourth-order valence-corrected chi connectivity index (χ4v) is 3.69. The Balaban J connectivity index is 1.50. The lowest BCUT2D eigenvalue weighted by Crippen LogP contribution is -2.37. The van der Waals surface area contributed by atoms with Gasteiger partial charge in [-0.15, -0.1) is 0 Å². The van der Waals surface area contributed by atoms with Crippen LogP contribution in [0.1, 0.15) is 18.4 Å². The normalized spacial score (nSPS) is 16.1. The number of rotatable bonds is 4. The van der Waals surface area contributed by atoms with Gasteiger partial charge in [0.05, 0.1) is 0 Å². The molecule has 0 saturated carbocycles. The highest BCUT2D eigenvalue weighted by atomic mass is 79.9. The molecule has 1 N–H and O–H groups in total. The van der Waals surface area contributed by atoms with Crippen LogP contribution in [-0.4, -0.2) is 23.9 Å². The third-order valence-corrected chi connectivity index (χ3v) is 5.07. The van der Waals surface area contributed by atoms with E-state index in [1.54, 1.807) is 12.1 Å². The molecule has 1 aliphatic heterocycles. The number of piperidine rings is 1. The molecule has 3 nitrogen and oxygen atoms in total. The van der Waals surface area contributed by atoms with E-state index in [4.69, 9.17) is 11.6 Å². The van der Waals surface area contributed by atoms with Gasteiger partial charge in [0.2, 0.25) is 5.91 Å². The number of anilines is 1. The van der Waals surface area contributed by atoms with E-state index in [-0.39, 0.29) is 11.8 Å². The van der Waals surface area contributed by atoms with Gasteiger partial charge in [-0.05, 0) is 61.8 Å². The van der Waals surface area contributed by atoms with Crippen molar-refractivity contribution < 1.29 is 4.79 Å². The van der Waals surface area contributed by atoms with Crippen LogP contribution < -0.4 is 5.32 Å². The highest BCUT2D eigenvalue weighted by molar-refractivity contribution is 9.10. The molecule has 0 aliphatic carbocycles. The van der Waals surface area contributed by atoms with Gasteiger partial charge < -0.3 is 5.32 Å². The molecule has 0 aromatic heterocycles. The van der Waals surface area contributed by atoms with Gasteiger partial charge in [0.15, 0.2) is 0 Å². The predicted octanol–water partition coefficient (Wildman–Crippen LogP) is 4.95. The van der Waals surface area contributed by atoms with Gasteiger partial charge in [-0.2, -0.15) is 0 Å². The van der Waals surface area contributed by atoms with Crippen LogP contribution in [0.3, 0.4) is 0 Å². The molecular formula is C19H20BrClN2O. The maximum atomic E-state index is 12.4. The lowest BCUT2D eigenvalue weighted by Gasteiger charge is -2.31. The highest BCUT2D eigenvalue weighted by Gasteiger charge is 2.25. The molecular weight excluding hydrogens is 388 g/mol. The number of benzene rings is 2. The topological polar surface area (TPSA) is 32.3 Å². The largest absolute Gasteiger partial charge is 0.326 e. The molecule has 2 aromatic rings. The minimum Gasteiger partial charge on any atom is -0.326 e. The van der Waals surface area contributed by atoms with Crippen molar-refractivity contribution in [2.75, 3.05) is 18.4 Å². The number of likely N-dealkylation sites (tertiary alicyclic amines) is 1. The summed E-state index contributed by atoms with van der Waals surface area (Å²) in [6.45, 7) is 2.82. The lowest BCUT2D eigenvalue weighted by molar-refractivity contribution is -0.121. The van der Waals surface area contributed by atoms with Crippen LogP contribution in [0.5, 0.6) is 0 Å². The number of hydrogen-bond donors (Lipinski definition) is 1. The fourth-order valence-electron chi connectivity index (χ4n) is 3.06. The Kier molecular flexibility index (Phi) is 5.93. The summed E-state index contributed by atoms with van der Waals surface area (Å²) in [7, 11) is 0. The van der Waals surface area contributed by atoms with Gasteiger partial charge in [-0.3, -0.25) is 9.69 Å². The maximum absolute atomic E-state index is 12.4. The number of hydrogen-bond acceptors (Lipinski definition) is 2. The molecule has 1 amide bonds. The van der Waals surface area contributed by atoms with Crippen molar-refractivity contribution in [3.05, 3.63) is 63.6 Å². The predicted molar refractivity (Wildman–Crippen MR) is 102 cm³/mol. The van der Waals surface area contributed by atoms with Crippen molar-refractivity contribution in [2.45, 2.75) is 19.4 Å². The zero-order valence-corrected chi connectivity index (χ0v) is 15.7. The van der Waals surface area contributed by atoms with Gasteiger partial charge in [-0.1, -0.05) is 45.7 Å². The van der Waals surface area contributed by atoms with Crippen molar-refractivity contribution in [3.63, 3.8) is 0 Å². The summed E-state index contributed by atoms with van der Waals surface area (Å²) in [6, 6.07) is 15.7. The summed E-state index contributed by atoms with van der Waals surface area (Å²) in [5.74, 6) is 0.169. The van der Waals surface area contributed by atoms with Crippen molar-refractivity contribution in [2.24, 2.45) is 5.92 Å². The summed E-state index contributed by atoms with van der Waals surface area (Å²) in [6.07, 6.45) is 1.78. The van der Waals surface area contributed by atoms with E-state index in [9.17, 15) is 4.79 Å². The number of carbonyl (C=O) groups is 1. The highest BCUT2D eigenvalue weighted by Crippen LogP contribution is 2.22. The van der Waals surface area contributed by atoms with Gasteiger partial charge in [0, 0.05) is 27.6 Å². The van der Waals surface area contributed by atoms with Crippen LogP contribution in [0.15, 0.2) is 53.0 Å². The Bertz CT molecular complexity index is 714. The van der Waals surface area contributed by atoms with E-state index in [0.717, 1.165) is 42.6 Å². The molecule has 24 heavy (non-hydrogen) atoms. The fraction of sp³-hybridized carbons (Fsp3) is 0.316. The lowest BCUT2D eigenvalue weighted by atomic mass is 9.95. The number of nitrogens with zero attached hydrogens (tertiary/aromatic N) is 1. The molecule has 0 bridgehead atoms. The summed E-state index contributed by atoms with van der Waals surface area (Å²) >= 11 is 9.47. The third-order valence-electron chi connectivity index (χ3n) is 4.35. The summed E-state index contributed by atoms with van der Waals surface area (Å²) < 4.78 is 1.11. The van der Waals surface area contributed by atoms with Gasteiger partial charge in [0.1, 0.15) is 0 Å². The van der Waals surface area contributed by atoms with Crippen molar-refractivity contribution in [3.8, 4) is 0 Å². The molecule has 1 aliphatic rings. The zero-order chi connectivity index (χ0) is 16.9. The Hall–Kier alpha value is -1.36. The minimum absolute atomic E-state index is 0.0720. The molecule has 1 saturated heterocycles. The van der Waals surface area contributed by atoms with E-state index in [1.807, 2.05) is 18.2 Å². The van der Waals surface area contributed by atoms with Crippen LogP contribution >= 0.6 is 27.5 Å². The summed E-state index contributed by atoms with van der Waals surface area (Å²) in [4.78, 5) is 14.8. The van der Waals surface area contributed by atoms with E-state index in [2.05, 4.69) is 44.3 Å². The first kappa shape index (κ1) is 17.5. The van der Waals surface area contributed by atoms with Crippen LogP contribution in [0.25, 0.3) is 0 Å². The molecule has 0 radical (unpaired) electrons.